The third-order valence-corrected chi connectivity index (χ3v) is 5.21. The highest BCUT2D eigenvalue weighted by molar-refractivity contribution is 6.31. The summed E-state index contributed by atoms with van der Waals surface area (Å²) in [5.41, 5.74) is -1.50. The number of aliphatic hydroxyl groups is 1. The van der Waals surface area contributed by atoms with Crippen LogP contribution in [0.3, 0.4) is 0 Å². The summed E-state index contributed by atoms with van der Waals surface area (Å²) in [7, 11) is 0. The molecule has 2 heterocycles. The van der Waals surface area contributed by atoms with Gasteiger partial charge in [-0.05, 0) is 31.2 Å². The van der Waals surface area contributed by atoms with Crippen molar-refractivity contribution in [3.8, 4) is 5.75 Å². The molecule has 1 aliphatic heterocycles. The van der Waals surface area contributed by atoms with Crippen LogP contribution in [0.25, 0.3) is 10.9 Å². The van der Waals surface area contributed by atoms with Gasteiger partial charge in [0.25, 0.3) is 17.4 Å². The number of carbonyl (C=O) groups is 1. The van der Waals surface area contributed by atoms with Gasteiger partial charge in [0.15, 0.2) is 0 Å². The van der Waals surface area contributed by atoms with Crippen molar-refractivity contribution < 1.29 is 33.4 Å². The molecule has 34 heavy (non-hydrogen) atoms. The number of alkyl halides is 2. The van der Waals surface area contributed by atoms with Crippen LogP contribution in [-0.2, 0) is 4.74 Å². The average Bonchev–Trinajstić information content (AvgIpc) is 3.04. The Labute approximate surface area is 198 Å². The largest absolute Gasteiger partial charge is 0.506 e. The van der Waals surface area contributed by atoms with E-state index in [1.807, 2.05) is 0 Å². The van der Waals surface area contributed by atoms with Gasteiger partial charge in [-0.3, -0.25) is 9.59 Å². The van der Waals surface area contributed by atoms with Gasteiger partial charge in [-0.1, -0.05) is 24.6 Å². The van der Waals surface area contributed by atoms with E-state index in [1.165, 1.54) is 50.5 Å². The Bertz CT molecular complexity index is 1250. The van der Waals surface area contributed by atoms with Gasteiger partial charge in [-0.25, -0.2) is 8.78 Å². The molecule has 0 fully saturated rings. The molecule has 1 aromatic carbocycles. The highest BCUT2D eigenvalue weighted by Gasteiger charge is 2.31. The van der Waals surface area contributed by atoms with E-state index < -0.39 is 41.2 Å². The number of aliphatic hydroxyl groups excluding tert-OH is 1. The number of carbonyl (C=O) groups excluding carboxylic acids is 1. The molecule has 0 saturated heterocycles. The predicted octanol–water partition coefficient (Wildman–Crippen LogP) is 3.30. The van der Waals surface area contributed by atoms with Crippen LogP contribution in [-0.4, -0.2) is 46.0 Å². The van der Waals surface area contributed by atoms with Crippen LogP contribution in [0.4, 0.5) is 8.78 Å². The third kappa shape index (κ3) is 5.40. The number of pyridine rings is 1. The van der Waals surface area contributed by atoms with Gasteiger partial charge < -0.3 is 25.1 Å². The highest BCUT2D eigenvalue weighted by atomic mass is 35.5. The first kappa shape index (κ1) is 25.3. The first-order valence-electron chi connectivity index (χ1n) is 10.3. The Balaban J connectivity index is 1.96. The van der Waals surface area contributed by atoms with E-state index in [0.29, 0.717) is 5.57 Å². The van der Waals surface area contributed by atoms with E-state index in [2.05, 4.69) is 5.32 Å². The lowest BCUT2D eigenvalue weighted by atomic mass is 10.1. The van der Waals surface area contributed by atoms with E-state index >= 15 is 0 Å². The fourth-order valence-electron chi connectivity index (χ4n) is 3.09. The summed E-state index contributed by atoms with van der Waals surface area (Å²) < 4.78 is 33.8. The number of nitrogens with one attached hydrogen (secondary N) is 1. The standard InChI is InChI=1S/C23H23ClF2N2O6/c1-3-23(25,26)15-5-4-14(10-33-12-15)11-34-28-18-8-16(24)6-7-17(18)20(30)19(22(28)32)21(31)27-9-13(2)29/h4-8,10,12-13,29-30H,3,9,11H2,1-2H3,(H,27,31). The van der Waals surface area contributed by atoms with E-state index in [-0.39, 0.29) is 34.7 Å². The number of benzene rings is 1. The molecule has 0 radical (unpaired) electrons. The summed E-state index contributed by atoms with van der Waals surface area (Å²) in [6.07, 6.45) is 3.38. The summed E-state index contributed by atoms with van der Waals surface area (Å²) >= 11 is 6.05. The maximum Gasteiger partial charge on any atom is 0.300 e. The number of fused-ring (bicyclic) bond motifs is 1. The van der Waals surface area contributed by atoms with Crippen LogP contribution in [0, 0.1) is 0 Å². The molecule has 1 aliphatic rings. The van der Waals surface area contributed by atoms with Gasteiger partial charge >= 0.3 is 0 Å². The van der Waals surface area contributed by atoms with Crippen molar-refractivity contribution in [1.29, 1.82) is 0 Å². The van der Waals surface area contributed by atoms with E-state index in [1.54, 1.807) is 0 Å². The molecule has 0 spiro atoms. The molecule has 1 unspecified atom stereocenters. The summed E-state index contributed by atoms with van der Waals surface area (Å²) in [4.78, 5) is 31.3. The molecule has 3 N–H and O–H groups in total. The van der Waals surface area contributed by atoms with Crippen LogP contribution in [0.15, 0.2) is 58.8 Å². The molecule has 2 aromatic rings. The van der Waals surface area contributed by atoms with Crippen molar-refractivity contribution in [3.63, 3.8) is 0 Å². The van der Waals surface area contributed by atoms with E-state index in [4.69, 9.17) is 21.2 Å². The number of hydrogen-bond acceptors (Lipinski definition) is 6. The summed E-state index contributed by atoms with van der Waals surface area (Å²) in [5, 5.41) is 22.7. The highest BCUT2D eigenvalue weighted by Crippen LogP contribution is 2.30. The zero-order chi connectivity index (χ0) is 25.0. The van der Waals surface area contributed by atoms with Crippen molar-refractivity contribution in [2.24, 2.45) is 0 Å². The number of hydrogen-bond donors (Lipinski definition) is 3. The second-order valence-electron chi connectivity index (χ2n) is 7.61. The summed E-state index contributed by atoms with van der Waals surface area (Å²) in [5.74, 6) is -4.56. The predicted molar refractivity (Wildman–Crippen MR) is 122 cm³/mol. The number of amides is 1. The Morgan fingerprint density at radius 3 is 2.74 bits per heavy atom. The monoisotopic (exact) mass is 496 g/mol. The van der Waals surface area contributed by atoms with Gasteiger partial charge in [0.05, 0.1) is 29.7 Å². The normalized spacial score (nSPS) is 14.6. The number of aromatic nitrogens is 1. The number of allylic oxidation sites excluding steroid dienone is 2. The lowest BCUT2D eigenvalue weighted by molar-refractivity contribution is 0.0389. The van der Waals surface area contributed by atoms with Gasteiger partial charge in [-0.15, -0.1) is 4.73 Å². The molecule has 0 aliphatic carbocycles. The second kappa shape index (κ2) is 10.3. The lowest BCUT2D eigenvalue weighted by Gasteiger charge is -2.16. The van der Waals surface area contributed by atoms with Gasteiger partial charge in [0.1, 0.15) is 17.9 Å². The number of rotatable bonds is 8. The van der Waals surface area contributed by atoms with Crippen LogP contribution in [0.1, 0.15) is 30.6 Å². The topological polar surface area (TPSA) is 110 Å². The first-order chi connectivity index (χ1) is 16.0. The zero-order valence-electron chi connectivity index (χ0n) is 18.3. The first-order valence-corrected chi connectivity index (χ1v) is 10.7. The number of ether oxygens (including phenoxy) is 1. The maximum atomic E-state index is 13.9. The fourth-order valence-corrected chi connectivity index (χ4v) is 3.25. The van der Waals surface area contributed by atoms with Crippen LogP contribution in [0.5, 0.6) is 5.75 Å². The minimum atomic E-state index is -3.07. The molecule has 1 amide bonds. The SMILES string of the molecule is CCC(F)(F)C1=COC=C(COn2c(=O)c(C(=O)NCC(C)O)c(O)c3ccc(Cl)cc32)C=C1. The second-order valence-corrected chi connectivity index (χ2v) is 8.05. The summed E-state index contributed by atoms with van der Waals surface area (Å²) in [6, 6.07) is 4.24. The maximum absolute atomic E-state index is 13.9. The van der Waals surface area contributed by atoms with Crippen molar-refractivity contribution >= 4 is 28.4 Å². The third-order valence-electron chi connectivity index (χ3n) is 4.97. The van der Waals surface area contributed by atoms with Crippen molar-refractivity contribution in [1.82, 2.24) is 10.0 Å². The minimum Gasteiger partial charge on any atom is -0.506 e. The van der Waals surface area contributed by atoms with Crippen molar-refractivity contribution in [3.05, 3.63) is 75.0 Å². The quantitative estimate of drug-likeness (QED) is 0.517. The van der Waals surface area contributed by atoms with Crippen LogP contribution >= 0.6 is 11.6 Å². The average molecular weight is 497 g/mol. The Hall–Kier alpha value is -3.37. The Morgan fingerprint density at radius 1 is 1.32 bits per heavy atom. The molecule has 182 valence electrons. The smallest absolute Gasteiger partial charge is 0.300 e. The molecule has 1 aromatic heterocycles. The number of aromatic hydroxyl groups is 1. The van der Waals surface area contributed by atoms with Crippen LogP contribution in [0.2, 0.25) is 5.02 Å². The van der Waals surface area contributed by atoms with E-state index in [9.17, 15) is 28.6 Å². The molecule has 1 atom stereocenters. The molecular formula is C23H23ClF2N2O6. The van der Waals surface area contributed by atoms with Gasteiger partial charge in [0.2, 0.25) is 0 Å². The minimum absolute atomic E-state index is 0.0810. The van der Waals surface area contributed by atoms with E-state index in [0.717, 1.165) is 11.0 Å². The lowest BCUT2D eigenvalue weighted by Crippen LogP contribution is -2.38. The molecule has 11 heteroatoms. The van der Waals surface area contributed by atoms with Gasteiger partial charge in [0, 0.05) is 28.9 Å². The zero-order valence-corrected chi connectivity index (χ0v) is 19.1. The molecule has 8 nitrogen and oxygen atoms in total. The fraction of sp³-hybridized carbons (Fsp3) is 0.304. The Kier molecular flexibility index (Phi) is 7.63. The van der Waals surface area contributed by atoms with Crippen LogP contribution < -0.4 is 15.7 Å². The summed E-state index contributed by atoms with van der Waals surface area (Å²) in [6.45, 7) is 2.34. The molecule has 0 bridgehead atoms. The molecule has 3 rings (SSSR count). The van der Waals surface area contributed by atoms with Gasteiger partial charge in [-0.2, -0.15) is 0 Å². The molecular weight excluding hydrogens is 474 g/mol. The van der Waals surface area contributed by atoms with Crippen molar-refractivity contribution in [2.75, 3.05) is 13.2 Å². The Morgan fingerprint density at radius 2 is 2.06 bits per heavy atom. The number of halogens is 3. The molecule has 0 saturated carbocycles. The van der Waals surface area contributed by atoms with Crippen molar-refractivity contribution in [2.45, 2.75) is 32.3 Å². The number of nitrogens with zero attached hydrogens (tertiary/aromatic N) is 1.